The molecule has 5 rings (SSSR count). The topological polar surface area (TPSA) is 86.6 Å². The van der Waals surface area contributed by atoms with E-state index in [1.165, 1.54) is 6.07 Å². The molecule has 35 heavy (non-hydrogen) atoms. The summed E-state index contributed by atoms with van der Waals surface area (Å²) in [7, 11) is 0. The molecule has 184 valence electrons. The van der Waals surface area contributed by atoms with Crippen molar-refractivity contribution in [1.82, 2.24) is 15.0 Å². The third kappa shape index (κ3) is 4.70. The van der Waals surface area contributed by atoms with Gasteiger partial charge in [-0.25, -0.2) is 23.7 Å². The van der Waals surface area contributed by atoms with E-state index >= 15 is 0 Å². The lowest BCUT2D eigenvalue weighted by molar-refractivity contribution is 0.0839. The predicted octanol–water partition coefficient (Wildman–Crippen LogP) is 4.13. The molecule has 0 spiro atoms. The van der Waals surface area contributed by atoms with Gasteiger partial charge in [0.25, 0.3) is 0 Å². The number of hydrogen-bond donors (Lipinski definition) is 2. The second-order valence-corrected chi connectivity index (χ2v) is 9.53. The SMILES string of the molecule is CC(C)N1CCOc2c(F)cc(-c3nc(Nc4ccc(N5CCC(C)(O)C5)cn4)ncc3F)cc21. The summed E-state index contributed by atoms with van der Waals surface area (Å²) in [6.07, 6.45) is 3.45. The summed E-state index contributed by atoms with van der Waals surface area (Å²) >= 11 is 0. The Morgan fingerprint density at radius 1 is 1.11 bits per heavy atom. The fourth-order valence-electron chi connectivity index (χ4n) is 4.53. The molecule has 0 radical (unpaired) electrons. The molecule has 3 aromatic rings. The maximum Gasteiger partial charge on any atom is 0.229 e. The van der Waals surface area contributed by atoms with Crippen LogP contribution in [0.25, 0.3) is 11.3 Å². The van der Waals surface area contributed by atoms with Crippen LogP contribution in [0.5, 0.6) is 5.75 Å². The highest BCUT2D eigenvalue weighted by Gasteiger charge is 2.31. The Bertz CT molecular complexity index is 1240. The van der Waals surface area contributed by atoms with Gasteiger partial charge in [-0.05, 0) is 51.5 Å². The lowest BCUT2D eigenvalue weighted by Crippen LogP contribution is -2.38. The minimum Gasteiger partial charge on any atom is -0.486 e. The van der Waals surface area contributed by atoms with Crippen LogP contribution in [0.15, 0.2) is 36.7 Å². The van der Waals surface area contributed by atoms with Crippen molar-refractivity contribution < 1.29 is 18.6 Å². The van der Waals surface area contributed by atoms with Crippen LogP contribution in [-0.4, -0.2) is 57.9 Å². The van der Waals surface area contributed by atoms with Crippen LogP contribution in [0.2, 0.25) is 0 Å². The lowest BCUT2D eigenvalue weighted by Gasteiger charge is -2.34. The Hall–Kier alpha value is -3.53. The van der Waals surface area contributed by atoms with Gasteiger partial charge in [-0.3, -0.25) is 0 Å². The minimum atomic E-state index is -0.705. The van der Waals surface area contributed by atoms with Crippen molar-refractivity contribution >= 4 is 23.1 Å². The molecule has 0 aliphatic carbocycles. The number of nitrogens with one attached hydrogen (secondary N) is 1. The number of nitrogens with zero attached hydrogens (tertiary/aromatic N) is 5. The van der Waals surface area contributed by atoms with Crippen LogP contribution in [0, 0.1) is 11.6 Å². The van der Waals surface area contributed by atoms with E-state index in [2.05, 4.69) is 25.2 Å². The van der Waals surface area contributed by atoms with Crippen LogP contribution in [0.4, 0.5) is 31.9 Å². The molecule has 10 heteroatoms. The molecule has 0 amide bonds. The quantitative estimate of drug-likeness (QED) is 0.562. The Kier molecular flexibility index (Phi) is 5.92. The van der Waals surface area contributed by atoms with Gasteiger partial charge in [0, 0.05) is 24.7 Å². The molecule has 1 unspecified atom stereocenters. The number of halogens is 2. The van der Waals surface area contributed by atoms with Crippen molar-refractivity contribution in [2.45, 2.75) is 38.8 Å². The molecule has 0 saturated carbocycles. The Labute approximate surface area is 202 Å². The minimum absolute atomic E-state index is 0.0191. The number of β-amino-alcohol motifs (C(OH)–C–C–N with tert-alkyl or cyclic N) is 1. The molecule has 2 aliphatic rings. The second kappa shape index (κ2) is 8.92. The van der Waals surface area contributed by atoms with Crippen molar-refractivity contribution in [2.24, 2.45) is 0 Å². The first-order valence-electron chi connectivity index (χ1n) is 11.7. The maximum atomic E-state index is 14.9. The highest BCUT2D eigenvalue weighted by Crippen LogP contribution is 2.39. The number of anilines is 4. The molecule has 4 heterocycles. The highest BCUT2D eigenvalue weighted by atomic mass is 19.1. The molecule has 1 aromatic carbocycles. The summed E-state index contributed by atoms with van der Waals surface area (Å²) < 4.78 is 35.2. The fraction of sp³-hybridized carbons (Fsp3) is 0.400. The van der Waals surface area contributed by atoms with E-state index in [0.717, 1.165) is 18.4 Å². The molecular formula is C25H28F2N6O2. The molecule has 1 saturated heterocycles. The van der Waals surface area contributed by atoms with E-state index < -0.39 is 17.2 Å². The first-order valence-corrected chi connectivity index (χ1v) is 11.7. The van der Waals surface area contributed by atoms with Crippen molar-refractivity contribution in [3.8, 4) is 17.0 Å². The number of pyridine rings is 1. The van der Waals surface area contributed by atoms with Gasteiger partial charge in [0.15, 0.2) is 17.4 Å². The van der Waals surface area contributed by atoms with E-state index in [0.29, 0.717) is 43.2 Å². The van der Waals surface area contributed by atoms with Gasteiger partial charge in [-0.2, -0.15) is 0 Å². The summed E-state index contributed by atoms with van der Waals surface area (Å²) in [5.74, 6) is -0.430. The van der Waals surface area contributed by atoms with Crippen LogP contribution in [0.3, 0.4) is 0 Å². The zero-order chi connectivity index (χ0) is 24.7. The van der Waals surface area contributed by atoms with Gasteiger partial charge < -0.3 is 25.0 Å². The molecule has 1 atom stereocenters. The Morgan fingerprint density at radius 3 is 2.63 bits per heavy atom. The van der Waals surface area contributed by atoms with Gasteiger partial charge in [-0.1, -0.05) is 0 Å². The van der Waals surface area contributed by atoms with Crippen molar-refractivity contribution in [3.63, 3.8) is 0 Å². The van der Waals surface area contributed by atoms with Crippen molar-refractivity contribution in [2.75, 3.05) is 41.4 Å². The number of benzene rings is 1. The van der Waals surface area contributed by atoms with E-state index in [9.17, 15) is 13.9 Å². The zero-order valence-corrected chi connectivity index (χ0v) is 19.9. The van der Waals surface area contributed by atoms with Crippen LogP contribution < -0.4 is 19.9 Å². The predicted molar refractivity (Wildman–Crippen MR) is 130 cm³/mol. The summed E-state index contributed by atoms with van der Waals surface area (Å²) in [6.45, 7) is 8.14. The highest BCUT2D eigenvalue weighted by molar-refractivity contribution is 5.73. The Balaban J connectivity index is 1.40. The summed E-state index contributed by atoms with van der Waals surface area (Å²) in [6, 6.07) is 6.72. The number of ether oxygens (including phenoxy) is 1. The van der Waals surface area contributed by atoms with E-state index in [4.69, 9.17) is 4.74 Å². The first-order chi connectivity index (χ1) is 16.7. The molecule has 1 fully saturated rings. The van der Waals surface area contributed by atoms with Crippen LogP contribution >= 0.6 is 0 Å². The first kappa shape index (κ1) is 23.2. The average molecular weight is 483 g/mol. The molecule has 8 nitrogen and oxygen atoms in total. The standard InChI is InChI=1S/C25H28F2N6O2/c1-15(2)33-8-9-35-23-18(26)10-16(11-20(23)33)22-19(27)13-29-24(31-22)30-21-5-4-17(12-28-21)32-7-6-25(3,34)14-32/h4-5,10-13,15,34H,6-9,14H2,1-3H3,(H,28,29,30,31). The number of hydrogen-bond acceptors (Lipinski definition) is 8. The maximum absolute atomic E-state index is 14.9. The molecule has 2 N–H and O–H groups in total. The number of aliphatic hydroxyl groups is 1. The molecular weight excluding hydrogens is 454 g/mol. The monoisotopic (exact) mass is 482 g/mol. The van der Waals surface area contributed by atoms with Gasteiger partial charge in [0.1, 0.15) is 18.1 Å². The lowest BCUT2D eigenvalue weighted by atomic mass is 10.1. The van der Waals surface area contributed by atoms with Crippen LogP contribution in [-0.2, 0) is 0 Å². The average Bonchev–Trinajstić information content (AvgIpc) is 3.20. The Morgan fingerprint density at radius 2 is 1.94 bits per heavy atom. The smallest absolute Gasteiger partial charge is 0.229 e. The molecule has 2 aliphatic heterocycles. The van der Waals surface area contributed by atoms with E-state index in [-0.39, 0.29) is 23.4 Å². The third-order valence-corrected chi connectivity index (χ3v) is 6.36. The van der Waals surface area contributed by atoms with E-state index in [1.807, 2.05) is 31.7 Å². The number of aromatic nitrogens is 3. The number of rotatable bonds is 5. The zero-order valence-electron chi connectivity index (χ0n) is 19.9. The van der Waals surface area contributed by atoms with E-state index in [1.54, 1.807) is 18.3 Å². The summed E-state index contributed by atoms with van der Waals surface area (Å²) in [4.78, 5) is 16.8. The molecule has 2 aromatic heterocycles. The second-order valence-electron chi connectivity index (χ2n) is 9.53. The normalized spacial score (nSPS) is 19.6. The van der Waals surface area contributed by atoms with Gasteiger partial charge in [-0.15, -0.1) is 0 Å². The third-order valence-electron chi connectivity index (χ3n) is 6.36. The van der Waals surface area contributed by atoms with Gasteiger partial charge in [0.2, 0.25) is 5.95 Å². The fourth-order valence-corrected chi connectivity index (χ4v) is 4.53. The largest absolute Gasteiger partial charge is 0.486 e. The van der Waals surface area contributed by atoms with Gasteiger partial charge >= 0.3 is 0 Å². The van der Waals surface area contributed by atoms with Crippen molar-refractivity contribution in [1.29, 1.82) is 0 Å². The van der Waals surface area contributed by atoms with Crippen LogP contribution in [0.1, 0.15) is 27.2 Å². The number of fused-ring (bicyclic) bond motifs is 1. The molecule has 0 bridgehead atoms. The summed E-state index contributed by atoms with van der Waals surface area (Å²) in [5.41, 5.74) is 1.05. The van der Waals surface area contributed by atoms with Crippen molar-refractivity contribution in [3.05, 3.63) is 48.3 Å². The summed E-state index contributed by atoms with van der Waals surface area (Å²) in [5, 5.41) is 13.2. The van der Waals surface area contributed by atoms with Gasteiger partial charge in [0.05, 0.1) is 35.9 Å².